The highest BCUT2D eigenvalue weighted by Crippen LogP contribution is 2.30. The maximum Gasteiger partial charge on any atom is 0.159 e. The van der Waals surface area contributed by atoms with E-state index in [0.29, 0.717) is 0 Å². The second-order valence-electron chi connectivity index (χ2n) is 3.88. The monoisotopic (exact) mass is 190 g/mol. The summed E-state index contributed by atoms with van der Waals surface area (Å²) in [4.78, 5) is 11.2. The minimum atomic E-state index is -0.334. The first-order valence-electron chi connectivity index (χ1n) is 5.00. The summed E-state index contributed by atoms with van der Waals surface area (Å²) in [5, 5.41) is 9.71. The van der Waals surface area contributed by atoms with Crippen LogP contribution in [0.4, 0.5) is 0 Å². The number of fused-ring (bicyclic) bond motifs is 1. The fourth-order valence-electron chi connectivity index (χ4n) is 2.01. The zero-order valence-corrected chi connectivity index (χ0v) is 8.29. The van der Waals surface area contributed by atoms with Gasteiger partial charge in [-0.15, -0.1) is 0 Å². The molecule has 1 aliphatic carbocycles. The van der Waals surface area contributed by atoms with Crippen LogP contribution in [0.2, 0.25) is 0 Å². The lowest BCUT2D eigenvalue weighted by Gasteiger charge is -2.21. The molecule has 0 bridgehead atoms. The van der Waals surface area contributed by atoms with Crippen molar-refractivity contribution in [2.45, 2.75) is 32.3 Å². The van der Waals surface area contributed by atoms with Gasteiger partial charge in [-0.2, -0.15) is 0 Å². The molecule has 74 valence electrons. The Morgan fingerprint density at radius 1 is 1.50 bits per heavy atom. The summed E-state index contributed by atoms with van der Waals surface area (Å²) in [7, 11) is 0. The normalized spacial score (nSPS) is 20.3. The van der Waals surface area contributed by atoms with Crippen molar-refractivity contribution in [1.29, 1.82) is 0 Å². The number of rotatable bonds is 1. The van der Waals surface area contributed by atoms with E-state index >= 15 is 0 Å². The molecule has 1 aromatic rings. The molecule has 0 fully saturated rings. The van der Waals surface area contributed by atoms with Crippen LogP contribution in [0.25, 0.3) is 0 Å². The first-order chi connectivity index (χ1) is 6.68. The van der Waals surface area contributed by atoms with Crippen molar-refractivity contribution in [1.82, 2.24) is 0 Å². The minimum absolute atomic E-state index is 0.0906. The number of aliphatic hydroxyl groups is 1. The Morgan fingerprint density at radius 2 is 2.29 bits per heavy atom. The Balaban J connectivity index is 2.44. The van der Waals surface area contributed by atoms with Crippen LogP contribution in [0.5, 0.6) is 0 Å². The molecule has 1 unspecified atom stereocenters. The molecule has 0 saturated heterocycles. The Bertz CT molecular complexity index is 369. The Morgan fingerprint density at radius 3 is 3.00 bits per heavy atom. The van der Waals surface area contributed by atoms with E-state index in [1.165, 1.54) is 0 Å². The molecule has 0 aromatic heterocycles. The number of aliphatic hydroxyl groups excluding tert-OH is 1. The quantitative estimate of drug-likeness (QED) is 0.690. The third kappa shape index (κ3) is 1.58. The highest BCUT2D eigenvalue weighted by atomic mass is 16.3. The summed E-state index contributed by atoms with van der Waals surface area (Å²) in [5.41, 5.74) is 2.88. The fraction of sp³-hybridized carbons (Fsp3) is 0.417. The smallest absolute Gasteiger partial charge is 0.159 e. The first kappa shape index (κ1) is 9.41. The number of benzene rings is 1. The highest BCUT2D eigenvalue weighted by Gasteiger charge is 2.18. The molecule has 1 aliphatic rings. The van der Waals surface area contributed by atoms with E-state index in [1.807, 2.05) is 12.1 Å². The largest absolute Gasteiger partial charge is 0.388 e. The van der Waals surface area contributed by atoms with Crippen LogP contribution in [0.15, 0.2) is 18.2 Å². The SMILES string of the molecule is CC(=O)c1ccc2c(c1)CCCC2O. The lowest BCUT2D eigenvalue weighted by atomic mass is 9.88. The zero-order chi connectivity index (χ0) is 10.1. The number of ketones is 1. The lowest BCUT2D eigenvalue weighted by Crippen LogP contribution is -2.10. The highest BCUT2D eigenvalue weighted by molar-refractivity contribution is 5.94. The van der Waals surface area contributed by atoms with Gasteiger partial charge in [-0.05, 0) is 43.4 Å². The first-order valence-corrected chi connectivity index (χ1v) is 5.00. The van der Waals surface area contributed by atoms with Gasteiger partial charge < -0.3 is 5.11 Å². The zero-order valence-electron chi connectivity index (χ0n) is 8.29. The summed E-state index contributed by atoms with van der Waals surface area (Å²) >= 11 is 0. The van der Waals surface area contributed by atoms with Gasteiger partial charge in [0.2, 0.25) is 0 Å². The maximum atomic E-state index is 11.2. The van der Waals surface area contributed by atoms with E-state index in [4.69, 9.17) is 0 Å². The summed E-state index contributed by atoms with van der Waals surface area (Å²) in [5.74, 6) is 0.0906. The number of Topliss-reactive ketones (excluding diaryl/α,β-unsaturated/α-hetero) is 1. The van der Waals surface area contributed by atoms with E-state index in [1.54, 1.807) is 13.0 Å². The van der Waals surface area contributed by atoms with Crippen LogP contribution in [0.3, 0.4) is 0 Å². The van der Waals surface area contributed by atoms with Crippen molar-refractivity contribution >= 4 is 5.78 Å². The molecule has 0 radical (unpaired) electrons. The average Bonchev–Trinajstić information content (AvgIpc) is 2.17. The summed E-state index contributed by atoms with van der Waals surface area (Å²) in [6.45, 7) is 1.57. The van der Waals surface area contributed by atoms with Gasteiger partial charge in [-0.3, -0.25) is 4.79 Å². The Labute approximate surface area is 83.6 Å². The van der Waals surface area contributed by atoms with E-state index in [2.05, 4.69) is 0 Å². The molecule has 1 N–H and O–H groups in total. The van der Waals surface area contributed by atoms with Crippen molar-refractivity contribution in [3.8, 4) is 0 Å². The molecular formula is C12H14O2. The molecule has 2 heteroatoms. The van der Waals surface area contributed by atoms with Crippen LogP contribution in [0.1, 0.15) is 47.4 Å². The molecule has 0 heterocycles. The predicted octanol–water partition coefficient (Wildman–Crippen LogP) is 2.26. The van der Waals surface area contributed by atoms with Gasteiger partial charge in [0.25, 0.3) is 0 Å². The summed E-state index contributed by atoms with van der Waals surface area (Å²) < 4.78 is 0. The summed E-state index contributed by atoms with van der Waals surface area (Å²) in [6.07, 6.45) is 2.50. The van der Waals surface area contributed by atoms with Crippen LogP contribution in [-0.4, -0.2) is 10.9 Å². The number of carbonyl (C=O) groups is 1. The van der Waals surface area contributed by atoms with Crippen molar-refractivity contribution in [3.63, 3.8) is 0 Å². The standard InChI is InChI=1S/C12H14O2/c1-8(13)9-5-6-11-10(7-9)3-2-4-12(11)14/h5-7,12,14H,2-4H2,1H3. The molecule has 0 amide bonds. The fourth-order valence-corrected chi connectivity index (χ4v) is 2.01. The minimum Gasteiger partial charge on any atom is -0.388 e. The number of aryl methyl sites for hydroxylation is 1. The maximum absolute atomic E-state index is 11.2. The molecule has 1 aromatic carbocycles. The van der Waals surface area contributed by atoms with Crippen molar-refractivity contribution in [3.05, 3.63) is 34.9 Å². The van der Waals surface area contributed by atoms with E-state index < -0.39 is 0 Å². The molecule has 0 saturated carbocycles. The number of carbonyl (C=O) groups excluding carboxylic acids is 1. The van der Waals surface area contributed by atoms with Crippen LogP contribution >= 0.6 is 0 Å². The van der Waals surface area contributed by atoms with Gasteiger partial charge in [0.15, 0.2) is 5.78 Å². The second kappa shape index (κ2) is 3.54. The molecule has 14 heavy (non-hydrogen) atoms. The number of hydrogen-bond acceptors (Lipinski definition) is 2. The van der Waals surface area contributed by atoms with Gasteiger partial charge >= 0.3 is 0 Å². The molecule has 2 nitrogen and oxygen atoms in total. The van der Waals surface area contributed by atoms with Crippen molar-refractivity contribution in [2.75, 3.05) is 0 Å². The number of hydrogen-bond donors (Lipinski definition) is 1. The van der Waals surface area contributed by atoms with Crippen LogP contribution in [-0.2, 0) is 6.42 Å². The van der Waals surface area contributed by atoms with Crippen LogP contribution < -0.4 is 0 Å². The van der Waals surface area contributed by atoms with E-state index in [9.17, 15) is 9.90 Å². The predicted molar refractivity (Wildman–Crippen MR) is 54.3 cm³/mol. The summed E-state index contributed by atoms with van der Waals surface area (Å²) in [6, 6.07) is 5.60. The molecule has 0 spiro atoms. The molecular weight excluding hydrogens is 176 g/mol. The molecule has 0 aliphatic heterocycles. The molecule has 1 atom stereocenters. The van der Waals surface area contributed by atoms with E-state index in [-0.39, 0.29) is 11.9 Å². The van der Waals surface area contributed by atoms with Crippen molar-refractivity contribution < 1.29 is 9.90 Å². The molecule has 2 rings (SSSR count). The second-order valence-corrected chi connectivity index (χ2v) is 3.88. The third-order valence-electron chi connectivity index (χ3n) is 2.83. The van der Waals surface area contributed by atoms with Gasteiger partial charge in [0.1, 0.15) is 0 Å². The van der Waals surface area contributed by atoms with Gasteiger partial charge in [0.05, 0.1) is 6.10 Å². The van der Waals surface area contributed by atoms with E-state index in [0.717, 1.165) is 36.0 Å². The Hall–Kier alpha value is -1.15. The Kier molecular flexibility index (Phi) is 2.38. The van der Waals surface area contributed by atoms with Gasteiger partial charge in [-0.1, -0.05) is 12.1 Å². The average molecular weight is 190 g/mol. The van der Waals surface area contributed by atoms with Crippen LogP contribution in [0, 0.1) is 0 Å². The third-order valence-corrected chi connectivity index (χ3v) is 2.83. The topological polar surface area (TPSA) is 37.3 Å². The van der Waals surface area contributed by atoms with Gasteiger partial charge in [-0.25, -0.2) is 0 Å². The van der Waals surface area contributed by atoms with Gasteiger partial charge in [0, 0.05) is 5.56 Å². The van der Waals surface area contributed by atoms with Crippen molar-refractivity contribution in [2.24, 2.45) is 0 Å². The lowest BCUT2D eigenvalue weighted by molar-refractivity contribution is 0.101.